The van der Waals surface area contributed by atoms with Crippen LogP contribution in [0, 0.1) is 23.4 Å². The monoisotopic (exact) mass is 610 g/mol. The average Bonchev–Trinajstić information content (AvgIpc) is 3.25. The molecule has 0 unspecified atom stereocenters. The van der Waals surface area contributed by atoms with Gasteiger partial charge in [-0.3, -0.25) is 14.4 Å². The first-order valence-corrected chi connectivity index (χ1v) is 12.6. The van der Waals surface area contributed by atoms with E-state index in [1.165, 1.54) is 11.8 Å². The molecule has 0 saturated carbocycles. The Morgan fingerprint density at radius 2 is 1.66 bits per heavy atom. The van der Waals surface area contributed by atoms with Gasteiger partial charge in [-0.1, -0.05) is 0 Å². The summed E-state index contributed by atoms with van der Waals surface area (Å²) in [5.74, 6) is -6.90. The molecule has 16 heteroatoms. The van der Waals surface area contributed by atoms with Crippen molar-refractivity contribution in [3.05, 3.63) is 46.7 Å². The molecule has 0 aliphatic carbocycles. The molecule has 3 amide bonds. The number of aromatic nitrogens is 2. The minimum atomic E-state index is -4.81. The largest absolute Gasteiger partial charge is 0.449 e. The van der Waals surface area contributed by atoms with Gasteiger partial charge in [-0.2, -0.15) is 13.2 Å². The van der Waals surface area contributed by atoms with E-state index in [1.807, 2.05) is 0 Å². The normalized spacial score (nSPS) is 16.6. The third-order valence-corrected chi connectivity index (χ3v) is 7.17. The zero-order valence-electron chi connectivity index (χ0n) is 21.9. The molecule has 3 N–H and O–H groups in total. The molecule has 3 heterocycles. The number of halogens is 7. The highest BCUT2D eigenvalue weighted by atomic mass is 35.5. The van der Waals surface area contributed by atoms with Crippen LogP contribution in [0.15, 0.2) is 12.1 Å². The summed E-state index contributed by atoms with van der Waals surface area (Å²) in [6.07, 6.45) is -4.74. The van der Waals surface area contributed by atoms with Gasteiger partial charge in [0.2, 0.25) is 23.5 Å². The fraction of sp³-hybridized carbons (Fsp3) is 0.520. The number of hydrogen-bond donors (Lipinski definition) is 2. The van der Waals surface area contributed by atoms with E-state index >= 15 is 0 Å². The van der Waals surface area contributed by atoms with Crippen LogP contribution in [0.5, 0.6) is 0 Å². The molecule has 4 rings (SSSR count). The van der Waals surface area contributed by atoms with Crippen LogP contribution in [0.2, 0.25) is 0 Å². The number of amides is 3. The number of imidazole rings is 1. The van der Waals surface area contributed by atoms with Gasteiger partial charge in [-0.25, -0.2) is 18.2 Å². The van der Waals surface area contributed by atoms with E-state index in [2.05, 4.69) is 10.3 Å². The Labute approximate surface area is 237 Å². The quantitative estimate of drug-likeness (QED) is 0.385. The minimum Gasteiger partial charge on any atom is -0.343 e. The second kappa shape index (κ2) is 12.7. The molecule has 0 spiro atoms. The zero-order chi connectivity index (χ0) is 29.4. The Hall–Kier alpha value is -3.33. The average molecular weight is 611 g/mol. The number of piperidine rings is 1. The van der Waals surface area contributed by atoms with Crippen LogP contribution in [-0.2, 0) is 40.1 Å². The maximum atomic E-state index is 14.0. The van der Waals surface area contributed by atoms with E-state index in [0.717, 1.165) is 4.57 Å². The number of fused-ring (bicyclic) bond motifs is 1. The summed E-state index contributed by atoms with van der Waals surface area (Å²) in [6.45, 7) is 1.46. The van der Waals surface area contributed by atoms with Gasteiger partial charge in [-0.05, 0) is 30.9 Å². The molecular formula is C25H29ClF6N6O3. The maximum Gasteiger partial charge on any atom is 0.449 e. The van der Waals surface area contributed by atoms with Gasteiger partial charge in [0, 0.05) is 57.5 Å². The molecule has 9 nitrogen and oxygen atoms in total. The van der Waals surface area contributed by atoms with Gasteiger partial charge in [-0.15, -0.1) is 12.4 Å². The van der Waals surface area contributed by atoms with Gasteiger partial charge < -0.3 is 25.4 Å². The van der Waals surface area contributed by atoms with Crippen molar-refractivity contribution in [1.82, 2.24) is 19.4 Å². The van der Waals surface area contributed by atoms with E-state index in [0.29, 0.717) is 38.1 Å². The fourth-order valence-corrected chi connectivity index (χ4v) is 5.00. The van der Waals surface area contributed by atoms with Crippen LogP contribution >= 0.6 is 12.4 Å². The van der Waals surface area contributed by atoms with Crippen molar-refractivity contribution in [3.8, 4) is 0 Å². The number of benzene rings is 1. The lowest BCUT2D eigenvalue weighted by Gasteiger charge is -2.31. The molecule has 1 aromatic carbocycles. The highest BCUT2D eigenvalue weighted by Crippen LogP contribution is 2.35. The van der Waals surface area contributed by atoms with Crippen molar-refractivity contribution in [1.29, 1.82) is 0 Å². The van der Waals surface area contributed by atoms with Gasteiger partial charge in [0.15, 0.2) is 17.5 Å². The first-order valence-electron chi connectivity index (χ1n) is 12.6. The van der Waals surface area contributed by atoms with E-state index in [-0.39, 0.29) is 67.9 Å². The summed E-state index contributed by atoms with van der Waals surface area (Å²) in [5.41, 5.74) is 5.72. The molecule has 226 valence electrons. The van der Waals surface area contributed by atoms with Crippen LogP contribution in [-0.4, -0.2) is 62.7 Å². The number of carbonyl (C=O) groups is 3. The topological polar surface area (TPSA) is 114 Å². The molecule has 0 radical (unpaired) electrons. The third-order valence-electron chi connectivity index (χ3n) is 7.17. The molecule has 2 aromatic rings. The van der Waals surface area contributed by atoms with Crippen LogP contribution < -0.4 is 11.1 Å². The Morgan fingerprint density at radius 1 is 1.02 bits per heavy atom. The molecule has 1 atom stereocenters. The first kappa shape index (κ1) is 32.2. The summed E-state index contributed by atoms with van der Waals surface area (Å²) in [6, 6.07) is 0.0575. The highest BCUT2D eigenvalue weighted by Gasteiger charge is 2.41. The second-order valence-corrected chi connectivity index (χ2v) is 9.99. The Balaban J connectivity index is 0.00000462. The summed E-state index contributed by atoms with van der Waals surface area (Å²) >= 11 is 0. The van der Waals surface area contributed by atoms with Crippen molar-refractivity contribution in [2.45, 2.75) is 57.9 Å². The Morgan fingerprint density at radius 3 is 2.27 bits per heavy atom. The number of hydrogen-bond acceptors (Lipinski definition) is 5. The van der Waals surface area contributed by atoms with Gasteiger partial charge in [0.05, 0.1) is 12.2 Å². The fourth-order valence-electron chi connectivity index (χ4n) is 5.00. The molecule has 0 bridgehead atoms. The number of nitrogens with two attached hydrogens (primary N) is 1. The smallest absolute Gasteiger partial charge is 0.343 e. The van der Waals surface area contributed by atoms with Crippen LogP contribution in [0.1, 0.15) is 43.3 Å². The van der Waals surface area contributed by atoms with Crippen molar-refractivity contribution in [3.63, 3.8) is 0 Å². The number of nitrogens with zero attached hydrogens (tertiary/aromatic N) is 4. The molecule has 41 heavy (non-hydrogen) atoms. The van der Waals surface area contributed by atoms with Crippen LogP contribution in [0.3, 0.4) is 0 Å². The number of anilines is 1. The summed E-state index contributed by atoms with van der Waals surface area (Å²) < 4.78 is 82.7. The summed E-state index contributed by atoms with van der Waals surface area (Å²) in [5, 5.41) is 2.48. The van der Waals surface area contributed by atoms with Crippen molar-refractivity contribution in [2.24, 2.45) is 11.7 Å². The predicted molar refractivity (Wildman–Crippen MR) is 136 cm³/mol. The lowest BCUT2D eigenvalue weighted by atomic mass is 9.96. The van der Waals surface area contributed by atoms with E-state index in [4.69, 9.17) is 5.73 Å². The van der Waals surface area contributed by atoms with E-state index < -0.39 is 53.2 Å². The molecule has 1 fully saturated rings. The SMILES string of the molecule is CC(=O)N1CCC(C(=O)Nc2nc(C(F)(F)F)n3c2CN(C(=O)C[C@H](N)Cc2cc(F)c(F)cc2F)CC3)CC1.Cl. The first-order chi connectivity index (χ1) is 18.7. The molecule has 2 aliphatic heterocycles. The Kier molecular flexibility index (Phi) is 9.95. The van der Waals surface area contributed by atoms with Crippen molar-refractivity contribution < 1.29 is 40.7 Å². The summed E-state index contributed by atoms with van der Waals surface area (Å²) in [4.78, 5) is 43.8. The summed E-state index contributed by atoms with van der Waals surface area (Å²) in [7, 11) is 0. The molecule has 1 aromatic heterocycles. The number of rotatable bonds is 6. The molecular weight excluding hydrogens is 582 g/mol. The van der Waals surface area contributed by atoms with Gasteiger partial charge in [0.1, 0.15) is 5.82 Å². The van der Waals surface area contributed by atoms with Gasteiger partial charge in [0.25, 0.3) is 0 Å². The van der Waals surface area contributed by atoms with E-state index in [9.17, 15) is 40.7 Å². The lowest BCUT2D eigenvalue weighted by molar-refractivity contribution is -0.148. The number of carbonyl (C=O) groups excluding carboxylic acids is 3. The second-order valence-electron chi connectivity index (χ2n) is 9.99. The van der Waals surface area contributed by atoms with Crippen molar-refractivity contribution >= 4 is 35.9 Å². The molecule has 1 saturated heterocycles. The zero-order valence-corrected chi connectivity index (χ0v) is 22.8. The lowest BCUT2D eigenvalue weighted by Crippen LogP contribution is -2.42. The standard InChI is InChI=1S/C25H28F6N6O3.ClH/c1-13(38)35-4-2-14(3-5-35)23(40)33-22-20-12-36(6-7-37(20)24(34-22)25(29,30)31)21(39)10-16(32)8-15-9-18(27)19(28)11-17(15)26;/h9,11,14,16H,2-8,10,12,32H2,1H3,(H,33,40);1H/t16-;/m1./s1. The van der Waals surface area contributed by atoms with Gasteiger partial charge >= 0.3 is 6.18 Å². The maximum absolute atomic E-state index is 14.0. The van der Waals surface area contributed by atoms with Crippen LogP contribution in [0.25, 0.3) is 0 Å². The number of likely N-dealkylation sites (tertiary alicyclic amines) is 1. The van der Waals surface area contributed by atoms with Crippen molar-refractivity contribution in [2.75, 3.05) is 25.0 Å². The Bertz CT molecular complexity index is 1310. The van der Waals surface area contributed by atoms with Crippen LogP contribution in [0.4, 0.5) is 32.2 Å². The minimum absolute atomic E-state index is 0. The molecule has 2 aliphatic rings. The third kappa shape index (κ3) is 7.31. The number of alkyl halides is 3. The van der Waals surface area contributed by atoms with E-state index in [1.54, 1.807) is 4.90 Å². The highest BCUT2D eigenvalue weighted by molar-refractivity contribution is 5.92. The number of nitrogens with one attached hydrogen (secondary N) is 1. The predicted octanol–water partition coefficient (Wildman–Crippen LogP) is 3.24.